The van der Waals surface area contributed by atoms with Gasteiger partial charge in [-0.25, -0.2) is 0 Å². The summed E-state index contributed by atoms with van der Waals surface area (Å²) in [6.45, 7) is 4.35. The van der Waals surface area contributed by atoms with Crippen molar-refractivity contribution >= 4 is 25.3 Å². The maximum absolute atomic E-state index is 5.27. The Morgan fingerprint density at radius 2 is 1.10 bits per heavy atom. The van der Waals surface area contributed by atoms with Crippen LogP contribution in [-0.4, -0.2) is 10.5 Å². The van der Waals surface area contributed by atoms with E-state index in [9.17, 15) is 0 Å². The summed E-state index contributed by atoms with van der Waals surface area (Å²) in [4.78, 5) is 0. The standard InChI is InChI=1S/2C9H14S.W/c2*1-6(10)9-5-7-2-3-8(9)4-7;/h2*2-3,6-10H,4-5H2,1H3;/q;;+2/p-2. The van der Waals surface area contributed by atoms with Gasteiger partial charge in [0.1, 0.15) is 0 Å². The van der Waals surface area contributed by atoms with E-state index in [2.05, 4.69) is 38.2 Å². The summed E-state index contributed by atoms with van der Waals surface area (Å²) in [5.41, 5.74) is 0. The van der Waals surface area contributed by atoms with Crippen molar-refractivity contribution in [1.29, 1.82) is 0 Å². The van der Waals surface area contributed by atoms with Crippen molar-refractivity contribution in [3.8, 4) is 0 Å². The summed E-state index contributed by atoms with van der Waals surface area (Å²) in [5.74, 6) is 5.12. The van der Waals surface area contributed by atoms with Crippen molar-refractivity contribution in [3.63, 3.8) is 0 Å². The van der Waals surface area contributed by atoms with Crippen molar-refractivity contribution in [3.05, 3.63) is 24.3 Å². The molecule has 8 atom stereocenters. The summed E-state index contributed by atoms with van der Waals surface area (Å²) < 4.78 is 0. The third-order valence-corrected chi connectivity index (χ3v) is 6.57. The summed E-state index contributed by atoms with van der Waals surface area (Å²) in [5, 5.41) is 0.972. The normalized spacial score (nSPS) is 44.2. The van der Waals surface area contributed by atoms with Crippen molar-refractivity contribution in [1.82, 2.24) is 0 Å². The zero-order valence-corrected chi connectivity index (χ0v) is 17.5. The molecule has 4 aliphatic rings. The van der Waals surface area contributed by atoms with E-state index in [-0.39, 0.29) is 21.1 Å². The molecule has 0 amide bonds. The molecule has 4 rings (SSSR count). The van der Waals surface area contributed by atoms with Crippen molar-refractivity contribution in [2.24, 2.45) is 35.5 Å². The molecule has 2 fully saturated rings. The molecule has 0 aromatic carbocycles. The van der Waals surface area contributed by atoms with Gasteiger partial charge in [-0.1, -0.05) is 50.0 Å². The average Bonchev–Trinajstić information content (AvgIpc) is 3.18. The Morgan fingerprint density at radius 1 is 0.714 bits per heavy atom. The summed E-state index contributed by atoms with van der Waals surface area (Å²) in [7, 11) is 0. The molecule has 0 aromatic heterocycles. The van der Waals surface area contributed by atoms with E-state index in [0.717, 1.165) is 35.5 Å². The van der Waals surface area contributed by atoms with Gasteiger partial charge in [0.05, 0.1) is 0 Å². The SMILES string of the molecule is CC([S-])C1CC2C=CC1C2.CC([S-])C1CC2C=CC1C2.[W+2]. The van der Waals surface area contributed by atoms with Gasteiger partial charge in [0.25, 0.3) is 0 Å². The summed E-state index contributed by atoms with van der Waals surface area (Å²) in [6, 6.07) is 0. The molecule has 2 saturated carbocycles. The molecule has 8 unspecified atom stereocenters. The van der Waals surface area contributed by atoms with Gasteiger partial charge in [0.2, 0.25) is 0 Å². The first kappa shape index (κ1) is 18.2. The zero-order chi connectivity index (χ0) is 14.3. The van der Waals surface area contributed by atoms with Gasteiger partial charge in [-0.3, -0.25) is 0 Å². The molecule has 4 aliphatic carbocycles. The largest absolute Gasteiger partial charge is 2.00 e. The third kappa shape index (κ3) is 4.04. The number of rotatable bonds is 2. The van der Waals surface area contributed by atoms with E-state index >= 15 is 0 Å². The fourth-order valence-corrected chi connectivity index (χ4v) is 5.35. The summed E-state index contributed by atoms with van der Waals surface area (Å²) >= 11 is 10.5. The molecule has 0 nitrogen and oxygen atoms in total. The van der Waals surface area contributed by atoms with E-state index in [4.69, 9.17) is 25.3 Å². The number of hydrogen-bond donors (Lipinski definition) is 0. The predicted molar refractivity (Wildman–Crippen MR) is 91.3 cm³/mol. The molecule has 0 radical (unpaired) electrons. The molecule has 0 saturated heterocycles. The van der Waals surface area contributed by atoms with Crippen LogP contribution in [0.5, 0.6) is 0 Å². The Morgan fingerprint density at radius 3 is 1.24 bits per heavy atom. The Labute approximate surface area is 155 Å². The van der Waals surface area contributed by atoms with E-state index in [0.29, 0.717) is 10.5 Å². The Balaban J connectivity index is 0.000000147. The van der Waals surface area contributed by atoms with Gasteiger partial charge in [-0.15, -0.1) is 0 Å². The smallest absolute Gasteiger partial charge is 0.789 e. The molecule has 0 aromatic rings. The minimum absolute atomic E-state index is 0. The van der Waals surface area contributed by atoms with Crippen LogP contribution in [0.1, 0.15) is 39.5 Å². The van der Waals surface area contributed by atoms with Crippen LogP contribution in [0.3, 0.4) is 0 Å². The Bertz CT molecular complexity index is 364. The van der Waals surface area contributed by atoms with Gasteiger partial charge in [0, 0.05) is 0 Å². The zero-order valence-electron chi connectivity index (χ0n) is 13.0. The monoisotopic (exact) mass is 490 g/mol. The predicted octanol–water partition coefficient (Wildman–Crippen LogP) is 4.27. The van der Waals surface area contributed by atoms with Crippen molar-refractivity contribution in [2.45, 2.75) is 50.0 Å². The van der Waals surface area contributed by atoms with Gasteiger partial charge in [-0.2, -0.15) is 10.5 Å². The molecule has 0 heterocycles. The van der Waals surface area contributed by atoms with Crippen molar-refractivity contribution < 1.29 is 21.1 Å². The molecule has 3 heteroatoms. The van der Waals surface area contributed by atoms with Crippen LogP contribution in [0.2, 0.25) is 0 Å². The van der Waals surface area contributed by atoms with Crippen LogP contribution in [0, 0.1) is 35.5 Å². The van der Waals surface area contributed by atoms with Crippen LogP contribution in [-0.2, 0) is 46.3 Å². The molecular weight excluding hydrogens is 464 g/mol. The molecule has 4 bridgehead atoms. The second kappa shape index (κ2) is 7.63. The second-order valence-electron chi connectivity index (χ2n) is 7.30. The van der Waals surface area contributed by atoms with E-state index in [1.807, 2.05) is 0 Å². The molecule has 0 aliphatic heterocycles. The van der Waals surface area contributed by atoms with Crippen LogP contribution in [0.15, 0.2) is 24.3 Å². The minimum Gasteiger partial charge on any atom is -0.789 e. The van der Waals surface area contributed by atoms with Gasteiger partial charge < -0.3 is 25.3 Å². The fraction of sp³-hybridized carbons (Fsp3) is 0.778. The number of allylic oxidation sites excluding steroid dienone is 4. The first-order chi connectivity index (χ1) is 9.54. The maximum Gasteiger partial charge on any atom is 2.00 e. The minimum atomic E-state index is 0. The summed E-state index contributed by atoms with van der Waals surface area (Å²) in [6.07, 6.45) is 15.0. The van der Waals surface area contributed by atoms with Crippen LogP contribution in [0.25, 0.3) is 0 Å². The van der Waals surface area contributed by atoms with Crippen LogP contribution >= 0.6 is 0 Å². The number of fused-ring (bicyclic) bond motifs is 4. The molecular formula is C18H26S2W. The van der Waals surface area contributed by atoms with Gasteiger partial charge in [0.15, 0.2) is 0 Å². The fourth-order valence-electron chi connectivity index (χ4n) is 4.73. The Hall–Kier alpha value is 0.868. The van der Waals surface area contributed by atoms with E-state index < -0.39 is 0 Å². The average molecular weight is 490 g/mol. The maximum atomic E-state index is 5.27. The van der Waals surface area contributed by atoms with Gasteiger partial charge >= 0.3 is 21.1 Å². The van der Waals surface area contributed by atoms with Gasteiger partial charge in [-0.05, 0) is 49.4 Å². The first-order valence-corrected chi connectivity index (χ1v) is 9.17. The van der Waals surface area contributed by atoms with E-state index in [1.54, 1.807) is 0 Å². The third-order valence-electron chi connectivity index (χ3n) is 5.87. The first-order valence-electron chi connectivity index (χ1n) is 8.23. The van der Waals surface area contributed by atoms with Crippen molar-refractivity contribution in [2.75, 3.05) is 0 Å². The number of hydrogen-bond acceptors (Lipinski definition) is 2. The molecule has 0 N–H and O–H groups in total. The van der Waals surface area contributed by atoms with Crippen LogP contribution in [0.4, 0.5) is 0 Å². The second-order valence-corrected chi connectivity index (χ2v) is 8.79. The molecule has 21 heavy (non-hydrogen) atoms. The Kier molecular flexibility index (Phi) is 6.61. The van der Waals surface area contributed by atoms with E-state index in [1.165, 1.54) is 25.7 Å². The van der Waals surface area contributed by atoms with Crippen LogP contribution < -0.4 is 0 Å². The molecule has 0 spiro atoms. The quantitative estimate of drug-likeness (QED) is 0.419. The molecule has 116 valence electrons. The topological polar surface area (TPSA) is 0 Å².